The Bertz CT molecular complexity index is 469. The molecule has 0 spiro atoms. The van der Waals surface area contributed by atoms with Gasteiger partial charge in [0, 0.05) is 6.54 Å². The van der Waals surface area contributed by atoms with E-state index in [1.54, 1.807) is 18.2 Å². The molecule has 0 radical (unpaired) electrons. The van der Waals surface area contributed by atoms with Crippen LogP contribution in [0.15, 0.2) is 18.2 Å². The zero-order valence-electron chi connectivity index (χ0n) is 10.8. The maximum Gasteiger partial charge on any atom is 0.257 e. The molecule has 1 saturated carbocycles. The van der Waals surface area contributed by atoms with Crippen LogP contribution in [0, 0.1) is 5.92 Å². The largest absolute Gasteiger partial charge is 0.497 e. The lowest BCUT2D eigenvalue weighted by Crippen LogP contribution is -2.30. The number of carbonyl (C=O) groups excluding carboxylic acids is 2. The Labute approximate surface area is 111 Å². The number of methoxy groups -OCH3 is 1. The number of hydrogen-bond donors (Lipinski definition) is 1. The van der Waals surface area contributed by atoms with Crippen LogP contribution < -0.4 is 14.8 Å². The van der Waals surface area contributed by atoms with Crippen molar-refractivity contribution in [3.63, 3.8) is 0 Å². The molecular formula is C14H17NO4. The van der Waals surface area contributed by atoms with Gasteiger partial charge in [-0.2, -0.15) is 0 Å². The molecule has 1 aromatic carbocycles. The lowest BCUT2D eigenvalue weighted by molar-refractivity contribution is -0.123. The van der Waals surface area contributed by atoms with Crippen molar-refractivity contribution in [3.8, 4) is 11.5 Å². The number of aldehydes is 1. The van der Waals surface area contributed by atoms with Crippen LogP contribution in [0.1, 0.15) is 23.2 Å². The van der Waals surface area contributed by atoms with E-state index >= 15 is 0 Å². The second-order valence-electron chi connectivity index (χ2n) is 4.56. The van der Waals surface area contributed by atoms with Crippen LogP contribution in [0.2, 0.25) is 0 Å². The summed E-state index contributed by atoms with van der Waals surface area (Å²) in [7, 11) is 1.52. The summed E-state index contributed by atoms with van der Waals surface area (Å²) < 4.78 is 10.4. The van der Waals surface area contributed by atoms with Crippen molar-refractivity contribution in [1.29, 1.82) is 0 Å². The van der Waals surface area contributed by atoms with Gasteiger partial charge in [0.15, 0.2) is 12.9 Å². The van der Waals surface area contributed by atoms with E-state index in [0.29, 0.717) is 35.8 Å². The summed E-state index contributed by atoms with van der Waals surface area (Å²) in [5.74, 6) is 1.43. The predicted octanol–water partition coefficient (Wildman–Crippen LogP) is 1.41. The normalized spacial score (nSPS) is 13.7. The highest BCUT2D eigenvalue weighted by atomic mass is 16.5. The van der Waals surface area contributed by atoms with Gasteiger partial charge >= 0.3 is 0 Å². The number of ether oxygens (including phenoxy) is 2. The molecule has 1 fully saturated rings. The summed E-state index contributed by atoms with van der Waals surface area (Å²) in [6.45, 7) is 0.630. The Balaban J connectivity index is 1.86. The zero-order valence-corrected chi connectivity index (χ0v) is 10.8. The van der Waals surface area contributed by atoms with Crippen LogP contribution in [-0.2, 0) is 4.79 Å². The second-order valence-corrected chi connectivity index (χ2v) is 4.56. The molecule has 1 aromatic rings. The first kappa shape index (κ1) is 13.4. The van der Waals surface area contributed by atoms with Crippen molar-refractivity contribution in [1.82, 2.24) is 5.32 Å². The number of carbonyl (C=O) groups is 2. The van der Waals surface area contributed by atoms with E-state index in [-0.39, 0.29) is 12.5 Å². The number of amides is 1. The molecule has 1 aliphatic carbocycles. The molecule has 0 saturated heterocycles. The first-order valence-electron chi connectivity index (χ1n) is 6.25. The van der Waals surface area contributed by atoms with Crippen LogP contribution in [0.4, 0.5) is 0 Å². The third-order valence-electron chi connectivity index (χ3n) is 2.99. The summed E-state index contributed by atoms with van der Waals surface area (Å²) in [4.78, 5) is 22.4. The minimum absolute atomic E-state index is 0.0834. The summed E-state index contributed by atoms with van der Waals surface area (Å²) in [6, 6.07) is 4.88. The van der Waals surface area contributed by atoms with E-state index in [1.807, 2.05) is 0 Å². The Morgan fingerprint density at radius 3 is 2.89 bits per heavy atom. The minimum Gasteiger partial charge on any atom is -0.497 e. The van der Waals surface area contributed by atoms with E-state index in [0.717, 1.165) is 0 Å². The van der Waals surface area contributed by atoms with Gasteiger partial charge in [-0.15, -0.1) is 0 Å². The Kier molecular flexibility index (Phi) is 4.39. The molecule has 0 bridgehead atoms. The smallest absolute Gasteiger partial charge is 0.257 e. The molecule has 0 unspecified atom stereocenters. The summed E-state index contributed by atoms with van der Waals surface area (Å²) >= 11 is 0. The van der Waals surface area contributed by atoms with Crippen LogP contribution in [0.25, 0.3) is 0 Å². The molecule has 1 N–H and O–H groups in total. The number of benzene rings is 1. The van der Waals surface area contributed by atoms with Crippen molar-refractivity contribution in [2.75, 3.05) is 20.3 Å². The Hall–Kier alpha value is -2.04. The quantitative estimate of drug-likeness (QED) is 0.755. The Morgan fingerprint density at radius 1 is 1.47 bits per heavy atom. The highest BCUT2D eigenvalue weighted by molar-refractivity contribution is 5.81. The van der Waals surface area contributed by atoms with E-state index < -0.39 is 0 Å². The van der Waals surface area contributed by atoms with Crippen molar-refractivity contribution in [3.05, 3.63) is 23.8 Å². The van der Waals surface area contributed by atoms with Gasteiger partial charge in [-0.05, 0) is 37.0 Å². The van der Waals surface area contributed by atoms with E-state index in [1.165, 1.54) is 20.0 Å². The lowest BCUT2D eigenvalue weighted by Gasteiger charge is -2.10. The number of nitrogens with one attached hydrogen (secondary N) is 1. The van der Waals surface area contributed by atoms with Crippen LogP contribution >= 0.6 is 0 Å². The van der Waals surface area contributed by atoms with E-state index in [2.05, 4.69) is 5.32 Å². The first-order valence-corrected chi connectivity index (χ1v) is 6.25. The van der Waals surface area contributed by atoms with Crippen LogP contribution in [0.5, 0.6) is 11.5 Å². The van der Waals surface area contributed by atoms with Gasteiger partial charge in [-0.1, -0.05) is 0 Å². The summed E-state index contributed by atoms with van der Waals surface area (Å²) in [5.41, 5.74) is 0.370. The average molecular weight is 263 g/mol. The van der Waals surface area contributed by atoms with Gasteiger partial charge in [-0.25, -0.2) is 0 Å². The third-order valence-corrected chi connectivity index (χ3v) is 2.99. The van der Waals surface area contributed by atoms with Gasteiger partial charge in [-0.3, -0.25) is 9.59 Å². The minimum atomic E-state index is -0.167. The maximum atomic E-state index is 11.5. The molecule has 102 valence electrons. The lowest BCUT2D eigenvalue weighted by atomic mass is 10.2. The molecule has 1 amide bonds. The number of rotatable bonds is 7. The van der Waals surface area contributed by atoms with Gasteiger partial charge < -0.3 is 14.8 Å². The SMILES string of the molecule is COc1ccc(OCC(=O)NCC2CC2)c(C=O)c1. The predicted molar refractivity (Wildman–Crippen MR) is 69.6 cm³/mol. The molecule has 0 aliphatic heterocycles. The third kappa shape index (κ3) is 3.98. The molecule has 0 heterocycles. The van der Waals surface area contributed by atoms with Crippen LogP contribution in [-0.4, -0.2) is 32.5 Å². The van der Waals surface area contributed by atoms with Gasteiger partial charge in [0.25, 0.3) is 5.91 Å². The fourth-order valence-corrected chi connectivity index (χ4v) is 1.65. The average Bonchev–Trinajstić information content (AvgIpc) is 3.26. The molecule has 5 nitrogen and oxygen atoms in total. The standard InChI is InChI=1S/C14H17NO4/c1-18-12-4-5-13(11(6-12)8-16)19-9-14(17)15-7-10-2-3-10/h4-6,8,10H,2-3,7,9H2,1H3,(H,15,17). The summed E-state index contributed by atoms with van der Waals surface area (Å²) in [5, 5.41) is 2.80. The molecule has 0 atom stereocenters. The topological polar surface area (TPSA) is 64.6 Å². The highest BCUT2D eigenvalue weighted by Gasteiger charge is 2.21. The molecule has 2 rings (SSSR count). The van der Waals surface area contributed by atoms with Crippen LogP contribution in [0.3, 0.4) is 0 Å². The molecular weight excluding hydrogens is 246 g/mol. The van der Waals surface area contributed by atoms with Crippen molar-refractivity contribution in [2.24, 2.45) is 5.92 Å². The molecule has 0 aromatic heterocycles. The van der Waals surface area contributed by atoms with E-state index in [9.17, 15) is 9.59 Å². The zero-order chi connectivity index (χ0) is 13.7. The summed E-state index contributed by atoms with van der Waals surface area (Å²) in [6.07, 6.45) is 3.06. The van der Waals surface area contributed by atoms with E-state index in [4.69, 9.17) is 9.47 Å². The van der Waals surface area contributed by atoms with Crippen molar-refractivity contribution >= 4 is 12.2 Å². The highest BCUT2D eigenvalue weighted by Crippen LogP contribution is 2.27. The monoisotopic (exact) mass is 263 g/mol. The molecule has 1 aliphatic rings. The second kappa shape index (κ2) is 6.22. The molecule has 5 heteroatoms. The first-order chi connectivity index (χ1) is 9.22. The number of hydrogen-bond acceptors (Lipinski definition) is 4. The van der Waals surface area contributed by atoms with Gasteiger partial charge in [0.1, 0.15) is 11.5 Å². The fraction of sp³-hybridized carbons (Fsp3) is 0.429. The molecule has 19 heavy (non-hydrogen) atoms. The Morgan fingerprint density at radius 2 is 2.26 bits per heavy atom. The van der Waals surface area contributed by atoms with Crippen molar-refractivity contribution in [2.45, 2.75) is 12.8 Å². The van der Waals surface area contributed by atoms with Crippen molar-refractivity contribution < 1.29 is 19.1 Å². The maximum absolute atomic E-state index is 11.5. The van der Waals surface area contributed by atoms with Gasteiger partial charge in [0.2, 0.25) is 0 Å². The van der Waals surface area contributed by atoms with Gasteiger partial charge in [0.05, 0.1) is 12.7 Å². The fourth-order valence-electron chi connectivity index (χ4n) is 1.65.